The zero-order chi connectivity index (χ0) is 15.5. The van der Waals surface area contributed by atoms with E-state index < -0.39 is 0 Å². The van der Waals surface area contributed by atoms with Gasteiger partial charge in [-0.2, -0.15) is 0 Å². The first kappa shape index (κ1) is 15.8. The van der Waals surface area contributed by atoms with Gasteiger partial charge >= 0.3 is 0 Å². The summed E-state index contributed by atoms with van der Waals surface area (Å²) in [6.45, 7) is 2.83. The molecule has 0 spiro atoms. The summed E-state index contributed by atoms with van der Waals surface area (Å²) in [6, 6.07) is 5.13. The minimum Gasteiger partial charge on any atom is -0.377 e. The van der Waals surface area contributed by atoms with Gasteiger partial charge in [-0.1, -0.05) is 29.3 Å². The average molecular weight is 341 g/mol. The molecule has 0 bridgehead atoms. The second kappa shape index (κ2) is 7.01. The van der Waals surface area contributed by atoms with Crippen LogP contribution in [0.5, 0.6) is 0 Å². The lowest BCUT2D eigenvalue weighted by molar-refractivity contribution is -0.118. The first-order valence-corrected chi connectivity index (χ1v) is 8.16. The van der Waals surface area contributed by atoms with E-state index in [1.165, 1.54) is 5.57 Å². The Bertz CT molecular complexity index is 604. The Kier molecular flexibility index (Phi) is 5.03. The molecule has 1 aromatic rings. The standard InChI is InChI=1S/C16H18Cl2N2O2/c17-13-4-3-12(8-14(13)18)20-6-5-15(16(20)21)19-9-11-2-1-7-22-10-11/h2-4,8,15,19H,1,5-7,9-10H2/t15-/m0/s1. The van der Waals surface area contributed by atoms with Gasteiger partial charge in [0.2, 0.25) is 5.91 Å². The Labute approximate surface area is 140 Å². The Hall–Kier alpha value is -1.07. The fourth-order valence-corrected chi connectivity index (χ4v) is 3.06. The second-order valence-corrected chi connectivity index (χ2v) is 6.33. The quantitative estimate of drug-likeness (QED) is 0.856. The highest BCUT2D eigenvalue weighted by molar-refractivity contribution is 6.42. The molecule has 22 heavy (non-hydrogen) atoms. The summed E-state index contributed by atoms with van der Waals surface area (Å²) in [4.78, 5) is 14.3. The highest BCUT2D eigenvalue weighted by Gasteiger charge is 2.32. The van der Waals surface area contributed by atoms with Gasteiger partial charge in [-0.15, -0.1) is 0 Å². The SMILES string of the molecule is O=C1[C@@H](NCC2=CCCOC2)CCN1c1ccc(Cl)c(Cl)c1. The van der Waals surface area contributed by atoms with Crippen LogP contribution in [0.15, 0.2) is 29.8 Å². The summed E-state index contributed by atoms with van der Waals surface area (Å²) in [6.07, 6.45) is 3.92. The number of carbonyl (C=O) groups is 1. The van der Waals surface area contributed by atoms with Gasteiger partial charge < -0.3 is 15.0 Å². The molecule has 1 N–H and O–H groups in total. The van der Waals surface area contributed by atoms with Crippen LogP contribution in [-0.2, 0) is 9.53 Å². The lowest BCUT2D eigenvalue weighted by Gasteiger charge is -2.19. The molecule has 0 saturated carbocycles. The van der Waals surface area contributed by atoms with Crippen molar-refractivity contribution in [1.82, 2.24) is 5.32 Å². The maximum Gasteiger partial charge on any atom is 0.244 e. The van der Waals surface area contributed by atoms with Crippen molar-refractivity contribution in [3.8, 4) is 0 Å². The largest absolute Gasteiger partial charge is 0.377 e. The first-order chi connectivity index (χ1) is 10.6. The van der Waals surface area contributed by atoms with E-state index in [2.05, 4.69) is 11.4 Å². The number of rotatable bonds is 4. The van der Waals surface area contributed by atoms with E-state index in [1.807, 2.05) is 6.07 Å². The van der Waals surface area contributed by atoms with Crippen LogP contribution in [0, 0.1) is 0 Å². The maximum absolute atomic E-state index is 12.5. The summed E-state index contributed by atoms with van der Waals surface area (Å²) < 4.78 is 5.41. The van der Waals surface area contributed by atoms with E-state index in [1.54, 1.807) is 17.0 Å². The van der Waals surface area contributed by atoms with Crippen LogP contribution in [0.3, 0.4) is 0 Å². The Balaban J connectivity index is 1.61. The Morgan fingerprint density at radius 3 is 2.91 bits per heavy atom. The first-order valence-electron chi connectivity index (χ1n) is 7.40. The van der Waals surface area contributed by atoms with Crippen LogP contribution >= 0.6 is 23.2 Å². The number of hydrogen-bond donors (Lipinski definition) is 1. The normalized spacial score (nSPS) is 22.1. The number of benzene rings is 1. The molecule has 6 heteroatoms. The van der Waals surface area contributed by atoms with Crippen LogP contribution in [0.25, 0.3) is 0 Å². The van der Waals surface area contributed by atoms with Gasteiger partial charge in [-0.05, 0) is 36.6 Å². The average Bonchev–Trinajstić information content (AvgIpc) is 2.90. The molecule has 1 atom stereocenters. The molecule has 1 saturated heterocycles. The molecule has 3 rings (SSSR count). The molecule has 1 amide bonds. The number of nitrogens with one attached hydrogen (secondary N) is 1. The Morgan fingerprint density at radius 2 is 2.18 bits per heavy atom. The zero-order valence-corrected chi connectivity index (χ0v) is 13.7. The van der Waals surface area contributed by atoms with Gasteiger partial charge in [0.05, 0.1) is 29.3 Å². The van der Waals surface area contributed by atoms with Gasteiger partial charge in [0.25, 0.3) is 0 Å². The van der Waals surface area contributed by atoms with E-state index in [4.69, 9.17) is 27.9 Å². The highest BCUT2D eigenvalue weighted by atomic mass is 35.5. The smallest absolute Gasteiger partial charge is 0.244 e. The predicted octanol–water partition coefficient (Wildman–Crippen LogP) is 3.04. The molecule has 1 fully saturated rings. The van der Waals surface area contributed by atoms with Gasteiger partial charge in [-0.3, -0.25) is 4.79 Å². The summed E-state index contributed by atoms with van der Waals surface area (Å²) in [5, 5.41) is 4.29. The lowest BCUT2D eigenvalue weighted by atomic mass is 10.1. The molecule has 0 aromatic heterocycles. The van der Waals surface area contributed by atoms with E-state index in [9.17, 15) is 4.79 Å². The minimum absolute atomic E-state index is 0.0794. The van der Waals surface area contributed by atoms with Crippen LogP contribution in [0.2, 0.25) is 10.0 Å². The number of carbonyl (C=O) groups excluding carboxylic acids is 1. The van der Waals surface area contributed by atoms with Gasteiger partial charge in [0.1, 0.15) is 0 Å². The molecule has 118 valence electrons. The number of ether oxygens (including phenoxy) is 1. The van der Waals surface area contributed by atoms with Crippen molar-refractivity contribution < 1.29 is 9.53 Å². The zero-order valence-electron chi connectivity index (χ0n) is 12.1. The van der Waals surface area contributed by atoms with E-state index in [0.29, 0.717) is 29.7 Å². The maximum atomic E-state index is 12.5. The number of halogens is 2. The fraction of sp³-hybridized carbons (Fsp3) is 0.438. The summed E-state index contributed by atoms with van der Waals surface area (Å²) >= 11 is 12.0. The van der Waals surface area contributed by atoms with E-state index in [-0.39, 0.29) is 11.9 Å². The third-order valence-corrected chi connectivity index (χ3v) is 4.72. The van der Waals surface area contributed by atoms with Crippen molar-refractivity contribution in [3.63, 3.8) is 0 Å². The van der Waals surface area contributed by atoms with E-state index >= 15 is 0 Å². The van der Waals surface area contributed by atoms with Crippen molar-refractivity contribution in [2.75, 3.05) is 31.2 Å². The molecule has 0 aliphatic carbocycles. The van der Waals surface area contributed by atoms with Crippen LogP contribution in [0.4, 0.5) is 5.69 Å². The number of amides is 1. The van der Waals surface area contributed by atoms with Crippen molar-refractivity contribution in [2.24, 2.45) is 0 Å². The lowest BCUT2D eigenvalue weighted by Crippen LogP contribution is -2.39. The minimum atomic E-state index is -0.155. The molecular weight excluding hydrogens is 323 g/mol. The third-order valence-electron chi connectivity index (χ3n) is 3.98. The summed E-state index contributed by atoms with van der Waals surface area (Å²) in [5.74, 6) is 0.0794. The highest BCUT2D eigenvalue weighted by Crippen LogP contribution is 2.29. The number of anilines is 1. The molecule has 1 aromatic carbocycles. The van der Waals surface area contributed by atoms with Gasteiger partial charge in [0.15, 0.2) is 0 Å². The van der Waals surface area contributed by atoms with Crippen LogP contribution in [0.1, 0.15) is 12.8 Å². The van der Waals surface area contributed by atoms with Crippen LogP contribution in [-0.4, -0.2) is 38.3 Å². The molecule has 2 heterocycles. The molecule has 2 aliphatic heterocycles. The summed E-state index contributed by atoms with van der Waals surface area (Å²) in [7, 11) is 0. The molecular formula is C16H18Cl2N2O2. The van der Waals surface area contributed by atoms with E-state index in [0.717, 1.165) is 25.1 Å². The molecule has 2 aliphatic rings. The molecule has 4 nitrogen and oxygen atoms in total. The fourth-order valence-electron chi connectivity index (χ4n) is 2.76. The monoisotopic (exact) mass is 340 g/mol. The van der Waals surface area contributed by atoms with Crippen molar-refractivity contribution >= 4 is 34.8 Å². The van der Waals surface area contributed by atoms with Crippen molar-refractivity contribution in [3.05, 3.63) is 39.9 Å². The molecule has 0 radical (unpaired) electrons. The number of nitrogens with zero attached hydrogens (tertiary/aromatic N) is 1. The third kappa shape index (κ3) is 3.46. The summed E-state index contributed by atoms with van der Waals surface area (Å²) in [5.41, 5.74) is 2.01. The van der Waals surface area contributed by atoms with Crippen molar-refractivity contribution in [1.29, 1.82) is 0 Å². The Morgan fingerprint density at radius 1 is 1.32 bits per heavy atom. The molecule has 0 unspecified atom stereocenters. The second-order valence-electron chi connectivity index (χ2n) is 5.51. The number of hydrogen-bond acceptors (Lipinski definition) is 3. The van der Waals surface area contributed by atoms with Crippen molar-refractivity contribution in [2.45, 2.75) is 18.9 Å². The van der Waals surface area contributed by atoms with Gasteiger partial charge in [0, 0.05) is 18.8 Å². The van der Waals surface area contributed by atoms with Gasteiger partial charge in [-0.25, -0.2) is 0 Å². The predicted molar refractivity (Wildman–Crippen MR) is 88.7 cm³/mol. The van der Waals surface area contributed by atoms with Crippen LogP contribution < -0.4 is 10.2 Å². The topological polar surface area (TPSA) is 41.6 Å².